The van der Waals surface area contributed by atoms with Gasteiger partial charge in [0.15, 0.2) is 5.65 Å². The molecule has 3 aromatic rings. The average molecular weight is 354 g/mol. The summed E-state index contributed by atoms with van der Waals surface area (Å²) in [5, 5.41) is 4.44. The molecule has 0 aliphatic rings. The van der Waals surface area contributed by atoms with Gasteiger partial charge in [0, 0.05) is 11.5 Å². The van der Waals surface area contributed by atoms with Crippen LogP contribution >= 0.6 is 27.5 Å². The number of halogens is 2. The first-order valence-corrected chi connectivity index (χ1v) is 7.59. The second kappa shape index (κ2) is 4.90. The molecule has 2 aromatic heterocycles. The van der Waals surface area contributed by atoms with Crippen LogP contribution in [0, 0.1) is 13.8 Å². The maximum absolute atomic E-state index is 6.08. The maximum Gasteiger partial charge on any atom is 0.163 e. The zero-order chi connectivity index (χ0) is 14.4. The highest BCUT2D eigenvalue weighted by Gasteiger charge is 2.19. The van der Waals surface area contributed by atoms with Gasteiger partial charge < -0.3 is 0 Å². The minimum absolute atomic E-state index is 0.356. The molecule has 0 fully saturated rings. The van der Waals surface area contributed by atoms with E-state index < -0.39 is 0 Å². The van der Waals surface area contributed by atoms with Gasteiger partial charge in [-0.05, 0) is 47.5 Å². The Balaban J connectivity index is 2.42. The predicted molar refractivity (Wildman–Crippen MR) is 84.6 cm³/mol. The molecule has 0 aliphatic carbocycles. The Morgan fingerprint density at radius 1 is 1.30 bits per heavy atom. The predicted octanol–water partition coefficient (Wildman–Crippen LogP) is 3.88. The topological polar surface area (TPSA) is 35.6 Å². The number of imidazole rings is 1. The van der Waals surface area contributed by atoms with Crippen LogP contribution in [0.4, 0.5) is 0 Å². The first kappa shape index (κ1) is 13.6. The summed E-state index contributed by atoms with van der Waals surface area (Å²) in [6.07, 6.45) is 0. The van der Waals surface area contributed by atoms with Gasteiger partial charge in [-0.15, -0.1) is 11.6 Å². The zero-order valence-corrected chi connectivity index (χ0v) is 13.8. The second-order valence-electron chi connectivity index (χ2n) is 4.83. The van der Waals surface area contributed by atoms with Crippen molar-refractivity contribution in [2.75, 3.05) is 0 Å². The lowest BCUT2D eigenvalue weighted by atomic mass is 10.2. The second-order valence-corrected chi connectivity index (χ2v) is 5.95. The summed E-state index contributed by atoms with van der Waals surface area (Å²) in [4.78, 5) is 4.63. The highest BCUT2D eigenvalue weighted by Crippen LogP contribution is 2.29. The van der Waals surface area contributed by atoms with Crippen LogP contribution in [0.3, 0.4) is 0 Å². The van der Waals surface area contributed by atoms with Gasteiger partial charge in [-0.1, -0.05) is 6.07 Å². The van der Waals surface area contributed by atoms with Gasteiger partial charge in [-0.2, -0.15) is 5.10 Å². The molecule has 20 heavy (non-hydrogen) atoms. The number of benzene rings is 1. The summed E-state index contributed by atoms with van der Waals surface area (Å²) in [5.74, 6) is 1.18. The number of hydrogen-bond donors (Lipinski definition) is 0. The lowest BCUT2D eigenvalue weighted by Crippen LogP contribution is -2.05. The van der Waals surface area contributed by atoms with Crippen LogP contribution in [0.1, 0.15) is 17.1 Å². The molecule has 0 radical (unpaired) electrons. The summed E-state index contributed by atoms with van der Waals surface area (Å²) in [7, 11) is 1.93. The van der Waals surface area contributed by atoms with E-state index in [-0.39, 0.29) is 0 Å². The average Bonchev–Trinajstić information content (AvgIpc) is 2.92. The molecule has 4 nitrogen and oxygen atoms in total. The summed E-state index contributed by atoms with van der Waals surface area (Å²) >= 11 is 9.69. The third-order valence-electron chi connectivity index (χ3n) is 3.33. The third-order valence-corrected chi connectivity index (χ3v) is 4.24. The van der Waals surface area contributed by atoms with Gasteiger partial charge in [0.25, 0.3) is 0 Å². The molecule has 104 valence electrons. The first-order chi connectivity index (χ1) is 9.52. The Morgan fingerprint density at radius 3 is 2.75 bits per heavy atom. The minimum atomic E-state index is 0.356. The van der Waals surface area contributed by atoms with E-state index in [2.05, 4.69) is 49.6 Å². The number of aromatic nitrogens is 4. The fourth-order valence-corrected chi connectivity index (χ4v) is 3.06. The molecule has 1 aromatic carbocycles. The Hall–Kier alpha value is -1.33. The molecule has 0 saturated heterocycles. The van der Waals surface area contributed by atoms with E-state index >= 15 is 0 Å². The fraction of sp³-hybridized carbons (Fsp3) is 0.286. The molecule has 0 amide bonds. The molecule has 0 atom stereocenters. The molecule has 0 N–H and O–H groups in total. The Labute approximate surface area is 130 Å². The monoisotopic (exact) mass is 352 g/mol. The van der Waals surface area contributed by atoms with Crippen molar-refractivity contribution in [3.05, 3.63) is 39.8 Å². The van der Waals surface area contributed by atoms with Gasteiger partial charge in [-0.3, -0.25) is 4.57 Å². The maximum atomic E-state index is 6.08. The standard InChI is InChI=1S/C14H14BrClN4/c1-8-4-5-10(15)11(6-8)20-12(7-16)17-13-9(2)18-19(3)14(13)20/h4-6H,7H2,1-3H3. The molecule has 0 aliphatic heterocycles. The van der Waals surface area contributed by atoms with Crippen molar-refractivity contribution < 1.29 is 0 Å². The van der Waals surface area contributed by atoms with Crippen molar-refractivity contribution in [3.8, 4) is 5.69 Å². The summed E-state index contributed by atoms with van der Waals surface area (Å²) in [6.45, 7) is 4.03. The molecule has 6 heteroatoms. The van der Waals surface area contributed by atoms with Crippen LogP contribution < -0.4 is 0 Å². The van der Waals surface area contributed by atoms with Crippen molar-refractivity contribution >= 4 is 38.7 Å². The largest absolute Gasteiger partial charge is 0.279 e. The Kier molecular flexibility index (Phi) is 3.34. The van der Waals surface area contributed by atoms with E-state index in [0.717, 1.165) is 32.8 Å². The SMILES string of the molecule is Cc1ccc(Br)c(-n2c(CCl)nc3c(C)nn(C)c32)c1. The van der Waals surface area contributed by atoms with Crippen LogP contribution in [-0.4, -0.2) is 19.3 Å². The highest BCUT2D eigenvalue weighted by molar-refractivity contribution is 9.10. The lowest BCUT2D eigenvalue weighted by Gasteiger charge is -2.11. The summed E-state index contributed by atoms with van der Waals surface area (Å²) in [5.41, 5.74) is 4.99. The molecular formula is C14H14BrClN4. The van der Waals surface area contributed by atoms with Crippen molar-refractivity contribution in [2.24, 2.45) is 7.05 Å². The van der Waals surface area contributed by atoms with Crippen LogP contribution in [0.25, 0.3) is 16.9 Å². The zero-order valence-electron chi connectivity index (χ0n) is 11.5. The van der Waals surface area contributed by atoms with Crippen LogP contribution in [-0.2, 0) is 12.9 Å². The third kappa shape index (κ3) is 1.96. The molecule has 0 spiro atoms. The van der Waals surface area contributed by atoms with Crippen molar-refractivity contribution in [1.82, 2.24) is 19.3 Å². The van der Waals surface area contributed by atoms with E-state index in [9.17, 15) is 0 Å². The van der Waals surface area contributed by atoms with Gasteiger partial charge in [0.1, 0.15) is 11.3 Å². The van der Waals surface area contributed by atoms with Gasteiger partial charge in [-0.25, -0.2) is 9.67 Å². The Morgan fingerprint density at radius 2 is 2.05 bits per heavy atom. The molecule has 0 saturated carbocycles. The van der Waals surface area contributed by atoms with E-state index in [1.165, 1.54) is 5.56 Å². The van der Waals surface area contributed by atoms with Crippen molar-refractivity contribution in [3.63, 3.8) is 0 Å². The number of aryl methyl sites for hydroxylation is 3. The quantitative estimate of drug-likeness (QED) is 0.656. The molecule has 0 bridgehead atoms. The van der Waals surface area contributed by atoms with Gasteiger partial charge in [0.05, 0.1) is 17.3 Å². The molecule has 0 unspecified atom stereocenters. The lowest BCUT2D eigenvalue weighted by molar-refractivity contribution is 0.754. The number of alkyl halides is 1. The number of fused-ring (bicyclic) bond motifs is 1. The van der Waals surface area contributed by atoms with E-state index in [0.29, 0.717) is 5.88 Å². The Bertz CT molecular complexity index is 803. The van der Waals surface area contributed by atoms with Gasteiger partial charge >= 0.3 is 0 Å². The highest BCUT2D eigenvalue weighted by atomic mass is 79.9. The van der Waals surface area contributed by atoms with E-state index in [4.69, 9.17) is 11.6 Å². The first-order valence-electron chi connectivity index (χ1n) is 6.26. The van der Waals surface area contributed by atoms with Gasteiger partial charge in [0.2, 0.25) is 0 Å². The normalized spacial score (nSPS) is 11.4. The smallest absolute Gasteiger partial charge is 0.163 e. The summed E-state index contributed by atoms with van der Waals surface area (Å²) < 4.78 is 4.93. The number of rotatable bonds is 2. The number of hydrogen-bond acceptors (Lipinski definition) is 2. The fourth-order valence-electron chi connectivity index (χ4n) is 2.45. The van der Waals surface area contributed by atoms with Crippen LogP contribution in [0.5, 0.6) is 0 Å². The van der Waals surface area contributed by atoms with Crippen molar-refractivity contribution in [2.45, 2.75) is 19.7 Å². The van der Waals surface area contributed by atoms with Crippen LogP contribution in [0.2, 0.25) is 0 Å². The molecule has 3 rings (SSSR count). The van der Waals surface area contributed by atoms with E-state index in [1.54, 1.807) is 0 Å². The molecule has 2 heterocycles. The summed E-state index contributed by atoms with van der Waals surface area (Å²) in [6, 6.07) is 6.22. The van der Waals surface area contributed by atoms with E-state index in [1.807, 2.05) is 24.7 Å². The van der Waals surface area contributed by atoms with Crippen LogP contribution in [0.15, 0.2) is 22.7 Å². The minimum Gasteiger partial charge on any atom is -0.279 e. The van der Waals surface area contributed by atoms with Crippen molar-refractivity contribution in [1.29, 1.82) is 0 Å². The number of nitrogens with zero attached hydrogens (tertiary/aromatic N) is 4. The molecular weight excluding hydrogens is 340 g/mol.